The van der Waals surface area contributed by atoms with E-state index in [1.165, 1.54) is 0 Å². The Hall–Kier alpha value is -2.42. The standard InChI is InChI=1S/C15H11NO2/c1-10-6-8-11(9-7-10)14(17)15-16-12-4-2-3-5-13(12)18-15/h2-9H,1H3. The Morgan fingerprint density at radius 3 is 2.50 bits per heavy atom. The predicted molar refractivity (Wildman–Crippen MR) is 68.6 cm³/mol. The summed E-state index contributed by atoms with van der Waals surface area (Å²) >= 11 is 0. The summed E-state index contributed by atoms with van der Waals surface area (Å²) in [5.41, 5.74) is 3.04. The molecule has 18 heavy (non-hydrogen) atoms. The quantitative estimate of drug-likeness (QED) is 0.642. The minimum absolute atomic E-state index is 0.139. The summed E-state index contributed by atoms with van der Waals surface area (Å²) in [4.78, 5) is 16.4. The number of carbonyl (C=O) groups is 1. The Kier molecular flexibility index (Phi) is 2.45. The molecule has 3 aromatic rings. The number of oxazole rings is 1. The van der Waals surface area contributed by atoms with Gasteiger partial charge in [0.15, 0.2) is 5.58 Å². The van der Waals surface area contributed by atoms with Gasteiger partial charge in [0.05, 0.1) is 0 Å². The first-order chi connectivity index (χ1) is 8.74. The molecule has 0 aliphatic heterocycles. The van der Waals surface area contributed by atoms with Crippen LogP contribution < -0.4 is 0 Å². The van der Waals surface area contributed by atoms with E-state index in [4.69, 9.17) is 4.42 Å². The lowest BCUT2D eigenvalue weighted by Crippen LogP contribution is -2.01. The molecule has 1 heterocycles. The highest BCUT2D eigenvalue weighted by atomic mass is 16.4. The predicted octanol–water partition coefficient (Wildman–Crippen LogP) is 3.37. The average Bonchev–Trinajstić information content (AvgIpc) is 2.82. The number of rotatable bonds is 2. The van der Waals surface area contributed by atoms with E-state index in [1.54, 1.807) is 18.2 Å². The number of carbonyl (C=O) groups excluding carboxylic acids is 1. The zero-order chi connectivity index (χ0) is 12.5. The summed E-state index contributed by atoms with van der Waals surface area (Å²) in [6.45, 7) is 1.98. The van der Waals surface area contributed by atoms with Crippen LogP contribution in [-0.4, -0.2) is 10.8 Å². The van der Waals surface area contributed by atoms with Gasteiger partial charge in [0.25, 0.3) is 5.89 Å². The third-order valence-corrected chi connectivity index (χ3v) is 2.80. The zero-order valence-corrected chi connectivity index (χ0v) is 9.88. The first-order valence-electron chi connectivity index (χ1n) is 5.71. The molecule has 0 radical (unpaired) electrons. The topological polar surface area (TPSA) is 43.1 Å². The van der Waals surface area contributed by atoms with E-state index in [1.807, 2.05) is 37.3 Å². The van der Waals surface area contributed by atoms with Crippen LogP contribution in [0.25, 0.3) is 11.1 Å². The Morgan fingerprint density at radius 2 is 1.78 bits per heavy atom. The molecule has 0 saturated heterocycles. The normalized spacial score (nSPS) is 10.7. The fourth-order valence-electron chi connectivity index (χ4n) is 1.80. The van der Waals surface area contributed by atoms with Crippen molar-refractivity contribution in [2.75, 3.05) is 0 Å². The van der Waals surface area contributed by atoms with Crippen molar-refractivity contribution in [1.82, 2.24) is 4.98 Å². The van der Waals surface area contributed by atoms with E-state index in [0.717, 1.165) is 5.56 Å². The van der Waals surface area contributed by atoms with Crippen LogP contribution in [-0.2, 0) is 0 Å². The van der Waals surface area contributed by atoms with Crippen LogP contribution >= 0.6 is 0 Å². The molecule has 88 valence electrons. The number of aromatic nitrogens is 1. The number of benzene rings is 2. The number of aryl methyl sites for hydroxylation is 1. The second-order valence-corrected chi connectivity index (χ2v) is 4.18. The van der Waals surface area contributed by atoms with Gasteiger partial charge in [-0.2, -0.15) is 0 Å². The summed E-state index contributed by atoms with van der Waals surface area (Å²) in [5, 5.41) is 0. The van der Waals surface area contributed by atoms with Crippen molar-refractivity contribution < 1.29 is 9.21 Å². The molecule has 0 saturated carbocycles. The molecule has 0 aliphatic carbocycles. The van der Waals surface area contributed by atoms with Gasteiger partial charge in [0.2, 0.25) is 5.78 Å². The molecule has 0 spiro atoms. The van der Waals surface area contributed by atoms with Crippen LogP contribution in [0, 0.1) is 6.92 Å². The maximum absolute atomic E-state index is 12.2. The van der Waals surface area contributed by atoms with Gasteiger partial charge in [-0.15, -0.1) is 0 Å². The second-order valence-electron chi connectivity index (χ2n) is 4.18. The number of fused-ring (bicyclic) bond motifs is 1. The highest BCUT2D eigenvalue weighted by molar-refractivity contribution is 6.06. The fourth-order valence-corrected chi connectivity index (χ4v) is 1.80. The summed E-state index contributed by atoms with van der Waals surface area (Å²) < 4.78 is 5.45. The molecule has 0 aliphatic rings. The van der Waals surface area contributed by atoms with Gasteiger partial charge in [-0.1, -0.05) is 42.0 Å². The molecule has 0 atom stereocenters. The van der Waals surface area contributed by atoms with Crippen LogP contribution in [0.5, 0.6) is 0 Å². The Bertz CT molecular complexity index is 678. The Labute approximate surface area is 104 Å². The summed E-state index contributed by atoms with van der Waals surface area (Å²) in [7, 11) is 0. The molecule has 1 aromatic heterocycles. The fraction of sp³-hybridized carbons (Fsp3) is 0.0667. The van der Waals surface area contributed by atoms with Crippen molar-refractivity contribution in [3.63, 3.8) is 0 Å². The van der Waals surface area contributed by atoms with E-state index in [9.17, 15) is 4.79 Å². The number of ketones is 1. The van der Waals surface area contributed by atoms with Crippen LogP contribution in [0.15, 0.2) is 52.9 Å². The number of hydrogen-bond acceptors (Lipinski definition) is 3. The molecular formula is C15H11NO2. The highest BCUT2D eigenvalue weighted by Crippen LogP contribution is 2.17. The third-order valence-electron chi connectivity index (χ3n) is 2.80. The number of nitrogens with zero attached hydrogens (tertiary/aromatic N) is 1. The van der Waals surface area contributed by atoms with E-state index in [0.29, 0.717) is 16.7 Å². The average molecular weight is 237 g/mol. The molecule has 0 fully saturated rings. The number of para-hydroxylation sites is 2. The molecule has 0 bridgehead atoms. The van der Waals surface area contributed by atoms with Crippen molar-refractivity contribution in [1.29, 1.82) is 0 Å². The SMILES string of the molecule is Cc1ccc(C(=O)c2nc3ccccc3o2)cc1. The van der Waals surface area contributed by atoms with Gasteiger partial charge in [0.1, 0.15) is 5.52 Å². The molecule has 3 heteroatoms. The van der Waals surface area contributed by atoms with Gasteiger partial charge in [-0.25, -0.2) is 4.98 Å². The lowest BCUT2D eigenvalue weighted by Gasteiger charge is -1.96. The summed E-state index contributed by atoms with van der Waals surface area (Å²) in [6, 6.07) is 14.7. The number of hydrogen-bond donors (Lipinski definition) is 0. The lowest BCUT2D eigenvalue weighted by molar-refractivity contribution is 0.100. The van der Waals surface area contributed by atoms with Crippen LogP contribution in [0.3, 0.4) is 0 Å². The highest BCUT2D eigenvalue weighted by Gasteiger charge is 2.15. The van der Waals surface area contributed by atoms with Crippen LogP contribution in [0.4, 0.5) is 0 Å². The molecular weight excluding hydrogens is 226 g/mol. The van der Waals surface area contributed by atoms with E-state index < -0.39 is 0 Å². The van der Waals surface area contributed by atoms with E-state index >= 15 is 0 Å². The largest absolute Gasteiger partial charge is 0.433 e. The molecule has 0 amide bonds. The van der Waals surface area contributed by atoms with Crippen molar-refractivity contribution in [2.45, 2.75) is 6.92 Å². The van der Waals surface area contributed by atoms with E-state index in [2.05, 4.69) is 4.98 Å². The minimum Gasteiger partial charge on any atom is -0.433 e. The van der Waals surface area contributed by atoms with Gasteiger partial charge >= 0.3 is 0 Å². The maximum atomic E-state index is 12.2. The van der Waals surface area contributed by atoms with Gasteiger partial charge in [-0.05, 0) is 19.1 Å². The summed E-state index contributed by atoms with van der Waals surface area (Å²) in [5.74, 6) is -0.0498. The molecule has 0 N–H and O–H groups in total. The zero-order valence-electron chi connectivity index (χ0n) is 9.88. The van der Waals surface area contributed by atoms with Gasteiger partial charge in [0, 0.05) is 5.56 Å². The minimum atomic E-state index is -0.189. The smallest absolute Gasteiger partial charge is 0.269 e. The van der Waals surface area contributed by atoms with Gasteiger partial charge in [-0.3, -0.25) is 4.79 Å². The first-order valence-corrected chi connectivity index (χ1v) is 5.71. The van der Waals surface area contributed by atoms with Crippen molar-refractivity contribution in [2.24, 2.45) is 0 Å². The Morgan fingerprint density at radius 1 is 1.06 bits per heavy atom. The van der Waals surface area contributed by atoms with Gasteiger partial charge < -0.3 is 4.42 Å². The van der Waals surface area contributed by atoms with Crippen LogP contribution in [0.1, 0.15) is 21.8 Å². The van der Waals surface area contributed by atoms with Crippen molar-refractivity contribution >= 4 is 16.9 Å². The molecule has 3 nitrogen and oxygen atoms in total. The maximum Gasteiger partial charge on any atom is 0.269 e. The monoisotopic (exact) mass is 237 g/mol. The second kappa shape index (κ2) is 4.11. The molecule has 2 aromatic carbocycles. The van der Waals surface area contributed by atoms with Crippen molar-refractivity contribution in [3.8, 4) is 0 Å². The lowest BCUT2D eigenvalue weighted by atomic mass is 10.1. The first kappa shape index (κ1) is 10.7. The summed E-state index contributed by atoms with van der Waals surface area (Å²) in [6.07, 6.45) is 0. The van der Waals surface area contributed by atoms with Crippen molar-refractivity contribution in [3.05, 3.63) is 65.5 Å². The molecule has 0 unspecified atom stereocenters. The van der Waals surface area contributed by atoms with Crippen LogP contribution in [0.2, 0.25) is 0 Å². The Balaban J connectivity index is 2.03. The molecule has 3 rings (SSSR count). The third kappa shape index (κ3) is 1.80. The van der Waals surface area contributed by atoms with E-state index in [-0.39, 0.29) is 11.7 Å².